The van der Waals surface area contributed by atoms with Crippen molar-refractivity contribution in [2.45, 2.75) is 12.8 Å². The number of hydrazine groups is 1. The van der Waals surface area contributed by atoms with Crippen LogP contribution in [0.3, 0.4) is 0 Å². The maximum absolute atomic E-state index is 13.1. The highest BCUT2D eigenvalue weighted by atomic mass is 79.9. The molecule has 2 amide bonds. The van der Waals surface area contributed by atoms with Gasteiger partial charge >= 0.3 is 0 Å². The molecule has 1 heterocycles. The number of rotatable bonds is 4. The normalized spacial score (nSPS) is 12.9. The second-order valence-corrected chi connectivity index (χ2v) is 6.70. The fraction of sp³-hybridized carbons (Fsp3) is 0.158. The largest absolute Gasteiger partial charge is 0.309 e. The molecule has 2 aromatic carbocycles. The number of carbonyl (C=O) groups is 2. The highest BCUT2D eigenvalue weighted by Gasteiger charge is 2.21. The van der Waals surface area contributed by atoms with Crippen molar-refractivity contribution >= 4 is 39.1 Å². The number of benzene rings is 2. The standard InChI is InChI=1S/C19H17BrFN3O2/c1-2-18(25)24-9-3-4-12-10-13(5-8-17(12)24)19(26)23-22-16-7-6-14(21)11-15(16)20/h2,5-8,10-11,22H,1,3-4,9H2,(H,23,26). The van der Waals surface area contributed by atoms with Crippen molar-refractivity contribution in [3.63, 3.8) is 0 Å². The molecule has 0 unspecified atom stereocenters. The van der Waals surface area contributed by atoms with Gasteiger partial charge in [0.15, 0.2) is 0 Å². The zero-order valence-electron chi connectivity index (χ0n) is 13.9. The molecule has 1 aliphatic rings. The van der Waals surface area contributed by atoms with Crippen molar-refractivity contribution in [2.24, 2.45) is 0 Å². The Morgan fingerprint density at radius 3 is 2.77 bits per heavy atom. The average molecular weight is 418 g/mol. The second-order valence-electron chi connectivity index (χ2n) is 5.84. The van der Waals surface area contributed by atoms with Crippen molar-refractivity contribution in [3.8, 4) is 0 Å². The Morgan fingerprint density at radius 2 is 2.04 bits per heavy atom. The summed E-state index contributed by atoms with van der Waals surface area (Å²) >= 11 is 3.23. The summed E-state index contributed by atoms with van der Waals surface area (Å²) in [6.07, 6.45) is 2.92. The van der Waals surface area contributed by atoms with E-state index in [-0.39, 0.29) is 17.6 Å². The molecule has 5 nitrogen and oxygen atoms in total. The third-order valence-corrected chi connectivity index (χ3v) is 4.80. The summed E-state index contributed by atoms with van der Waals surface area (Å²) in [7, 11) is 0. The lowest BCUT2D eigenvalue weighted by atomic mass is 9.99. The first-order chi connectivity index (χ1) is 12.5. The molecule has 3 rings (SSSR count). The zero-order chi connectivity index (χ0) is 18.7. The number of nitrogens with one attached hydrogen (secondary N) is 2. The molecule has 7 heteroatoms. The van der Waals surface area contributed by atoms with Crippen LogP contribution in [-0.2, 0) is 11.2 Å². The van der Waals surface area contributed by atoms with E-state index in [2.05, 4.69) is 33.4 Å². The third kappa shape index (κ3) is 3.77. The highest BCUT2D eigenvalue weighted by molar-refractivity contribution is 9.10. The summed E-state index contributed by atoms with van der Waals surface area (Å²) in [5.41, 5.74) is 8.13. The Labute approximate surface area is 159 Å². The van der Waals surface area contributed by atoms with Gasteiger partial charge < -0.3 is 4.90 Å². The van der Waals surface area contributed by atoms with Crippen LogP contribution in [-0.4, -0.2) is 18.4 Å². The molecule has 0 spiro atoms. The van der Waals surface area contributed by atoms with Gasteiger partial charge in [-0.1, -0.05) is 6.58 Å². The molecule has 0 fully saturated rings. The van der Waals surface area contributed by atoms with Crippen LogP contribution in [0.2, 0.25) is 0 Å². The average Bonchev–Trinajstić information content (AvgIpc) is 2.65. The van der Waals surface area contributed by atoms with E-state index in [1.54, 1.807) is 23.1 Å². The van der Waals surface area contributed by atoms with Gasteiger partial charge in [0.2, 0.25) is 5.91 Å². The van der Waals surface area contributed by atoms with Gasteiger partial charge in [0.25, 0.3) is 5.91 Å². The number of anilines is 2. The van der Waals surface area contributed by atoms with Crippen LogP contribution in [0.25, 0.3) is 0 Å². The van der Waals surface area contributed by atoms with Crippen LogP contribution in [0.1, 0.15) is 22.3 Å². The van der Waals surface area contributed by atoms with Crippen LogP contribution in [0.15, 0.2) is 53.5 Å². The molecule has 0 saturated carbocycles. The molecule has 0 saturated heterocycles. The fourth-order valence-corrected chi connectivity index (χ4v) is 3.31. The van der Waals surface area contributed by atoms with Crippen LogP contribution >= 0.6 is 15.9 Å². The minimum Gasteiger partial charge on any atom is -0.309 e. The maximum Gasteiger partial charge on any atom is 0.269 e. The van der Waals surface area contributed by atoms with Gasteiger partial charge in [-0.25, -0.2) is 4.39 Å². The smallest absolute Gasteiger partial charge is 0.269 e. The number of nitrogens with zero attached hydrogens (tertiary/aromatic N) is 1. The van der Waals surface area contributed by atoms with Gasteiger partial charge in [-0.3, -0.25) is 20.4 Å². The molecule has 0 radical (unpaired) electrons. The minimum atomic E-state index is -0.373. The van der Waals surface area contributed by atoms with Gasteiger partial charge in [0.1, 0.15) is 5.82 Å². The van der Waals surface area contributed by atoms with Crippen LogP contribution in [0.4, 0.5) is 15.8 Å². The first kappa shape index (κ1) is 18.1. The Kier molecular flexibility index (Phi) is 5.37. The molecule has 2 aromatic rings. The van der Waals surface area contributed by atoms with Gasteiger partial charge in [0.05, 0.1) is 5.69 Å². The molecule has 26 heavy (non-hydrogen) atoms. The number of amides is 2. The first-order valence-electron chi connectivity index (χ1n) is 8.08. The number of hydrogen-bond acceptors (Lipinski definition) is 3. The second kappa shape index (κ2) is 7.70. The zero-order valence-corrected chi connectivity index (χ0v) is 15.5. The summed E-state index contributed by atoms with van der Waals surface area (Å²) < 4.78 is 13.6. The molecular weight excluding hydrogens is 401 g/mol. The lowest BCUT2D eigenvalue weighted by Gasteiger charge is -2.29. The van der Waals surface area contributed by atoms with Gasteiger partial charge in [-0.05, 0) is 76.8 Å². The SMILES string of the molecule is C=CC(=O)N1CCCc2cc(C(=O)NNc3ccc(F)cc3Br)ccc21. The lowest BCUT2D eigenvalue weighted by Crippen LogP contribution is -2.34. The monoisotopic (exact) mass is 417 g/mol. The lowest BCUT2D eigenvalue weighted by molar-refractivity contribution is -0.114. The van der Waals surface area contributed by atoms with Crippen LogP contribution in [0.5, 0.6) is 0 Å². The Morgan fingerprint density at radius 1 is 1.23 bits per heavy atom. The van der Waals surface area contributed by atoms with Crippen molar-refractivity contribution in [2.75, 3.05) is 16.9 Å². The van der Waals surface area contributed by atoms with Crippen molar-refractivity contribution in [1.29, 1.82) is 0 Å². The highest BCUT2D eigenvalue weighted by Crippen LogP contribution is 2.28. The number of halogens is 2. The summed E-state index contributed by atoms with van der Waals surface area (Å²) in [6, 6.07) is 9.35. The van der Waals surface area contributed by atoms with E-state index in [0.717, 1.165) is 24.1 Å². The van der Waals surface area contributed by atoms with E-state index in [4.69, 9.17) is 0 Å². The molecular formula is C19H17BrFN3O2. The third-order valence-electron chi connectivity index (χ3n) is 4.14. The number of aryl methyl sites for hydroxylation is 1. The quantitative estimate of drug-likeness (QED) is 0.587. The first-order valence-corrected chi connectivity index (χ1v) is 8.87. The van der Waals surface area contributed by atoms with E-state index in [1.807, 2.05) is 0 Å². The van der Waals surface area contributed by atoms with E-state index in [9.17, 15) is 14.0 Å². The van der Waals surface area contributed by atoms with Crippen LogP contribution in [0, 0.1) is 5.82 Å². The maximum atomic E-state index is 13.1. The van der Waals surface area contributed by atoms with Gasteiger partial charge in [-0.2, -0.15) is 0 Å². The Bertz CT molecular complexity index is 885. The Hall–Kier alpha value is -2.67. The molecule has 0 bridgehead atoms. The summed E-state index contributed by atoms with van der Waals surface area (Å²) in [5, 5.41) is 0. The summed E-state index contributed by atoms with van der Waals surface area (Å²) in [5.74, 6) is -0.843. The molecule has 134 valence electrons. The number of fused-ring (bicyclic) bond motifs is 1. The van der Waals surface area contributed by atoms with Crippen molar-refractivity contribution < 1.29 is 14.0 Å². The van der Waals surface area contributed by atoms with E-state index >= 15 is 0 Å². The van der Waals surface area contributed by atoms with Gasteiger partial charge in [-0.15, -0.1) is 0 Å². The molecule has 1 aliphatic heterocycles. The Balaban J connectivity index is 1.74. The summed E-state index contributed by atoms with van der Waals surface area (Å²) in [6.45, 7) is 4.17. The topological polar surface area (TPSA) is 61.4 Å². The van der Waals surface area contributed by atoms with E-state index < -0.39 is 0 Å². The number of hydrogen-bond donors (Lipinski definition) is 2. The van der Waals surface area contributed by atoms with Crippen molar-refractivity contribution in [1.82, 2.24) is 5.43 Å². The minimum absolute atomic E-state index is 0.147. The van der Waals surface area contributed by atoms with E-state index in [1.165, 1.54) is 24.3 Å². The molecule has 0 atom stereocenters. The van der Waals surface area contributed by atoms with Gasteiger partial charge in [0, 0.05) is 22.3 Å². The molecule has 0 aromatic heterocycles. The van der Waals surface area contributed by atoms with E-state index in [0.29, 0.717) is 22.3 Å². The van der Waals surface area contributed by atoms with Crippen molar-refractivity contribution in [3.05, 3.63) is 70.5 Å². The predicted molar refractivity (Wildman–Crippen MR) is 103 cm³/mol. The molecule has 2 N–H and O–H groups in total. The summed E-state index contributed by atoms with van der Waals surface area (Å²) in [4.78, 5) is 26.0. The number of carbonyl (C=O) groups excluding carboxylic acids is 2. The molecule has 0 aliphatic carbocycles. The van der Waals surface area contributed by atoms with Crippen LogP contribution < -0.4 is 15.8 Å². The fourth-order valence-electron chi connectivity index (χ4n) is 2.86. The predicted octanol–water partition coefficient (Wildman–Crippen LogP) is 3.81.